The summed E-state index contributed by atoms with van der Waals surface area (Å²) in [6.07, 6.45) is 2.06. The molecule has 0 heterocycles. The molecule has 0 amide bonds. The van der Waals surface area contributed by atoms with Crippen LogP contribution in [0.2, 0.25) is 0 Å². The van der Waals surface area contributed by atoms with Crippen molar-refractivity contribution >= 4 is 0 Å². The van der Waals surface area contributed by atoms with Crippen molar-refractivity contribution in [1.29, 1.82) is 0 Å². The van der Waals surface area contributed by atoms with Crippen LogP contribution in [0.5, 0.6) is 0 Å². The van der Waals surface area contributed by atoms with Crippen LogP contribution in [0.15, 0.2) is 18.2 Å². The van der Waals surface area contributed by atoms with Gasteiger partial charge in [-0.25, -0.2) is 0 Å². The zero-order chi connectivity index (χ0) is 8.27. The molecule has 1 aromatic rings. The standard InChI is InChI=1S/C11H14.CH3.6Y/c1-4-10-5-7-11(8-6-10)9(2)3;;;;;;;/h4-5,7-9H,1-3H3;1H3;;;;;;/q-2;-1;;;;;;. The van der Waals surface area contributed by atoms with Crippen LogP contribution >= 0.6 is 0 Å². The van der Waals surface area contributed by atoms with Crippen LogP contribution in [-0.2, 0) is 196 Å². The number of rotatable bonds is 2. The van der Waals surface area contributed by atoms with Gasteiger partial charge in [0.2, 0.25) is 0 Å². The van der Waals surface area contributed by atoms with E-state index in [2.05, 4.69) is 44.5 Å². The molecule has 0 saturated heterocycles. The van der Waals surface area contributed by atoms with Crippen molar-refractivity contribution < 1.29 is 196 Å². The van der Waals surface area contributed by atoms with Crippen LogP contribution in [0.25, 0.3) is 0 Å². The normalized spacial score (nSPS) is 6.22. The molecule has 0 N–H and O–H groups in total. The van der Waals surface area contributed by atoms with Gasteiger partial charge >= 0.3 is 0 Å². The van der Waals surface area contributed by atoms with Crippen molar-refractivity contribution in [2.45, 2.75) is 26.7 Å². The third kappa shape index (κ3) is 19.8. The minimum atomic E-state index is 0. The smallest absolute Gasteiger partial charge is 0 e. The second-order valence-corrected chi connectivity index (χ2v) is 3.02. The van der Waals surface area contributed by atoms with E-state index in [1.165, 1.54) is 11.1 Å². The monoisotopic (exact) mass is 695 g/mol. The first-order valence-corrected chi connectivity index (χ1v) is 4.05. The van der Waals surface area contributed by atoms with E-state index in [1.54, 1.807) is 0 Å². The van der Waals surface area contributed by atoms with Crippen LogP contribution in [0.3, 0.4) is 0 Å². The van der Waals surface area contributed by atoms with E-state index < -0.39 is 0 Å². The van der Waals surface area contributed by atoms with E-state index in [0.29, 0.717) is 5.92 Å². The number of hydrogen-bond donors (Lipinski definition) is 0. The molecule has 1 aromatic carbocycles. The fourth-order valence-electron chi connectivity index (χ4n) is 0.988. The summed E-state index contributed by atoms with van der Waals surface area (Å²) >= 11 is 0. The molecule has 6 heteroatoms. The van der Waals surface area contributed by atoms with Crippen LogP contribution in [0, 0.1) is 19.9 Å². The molecule has 0 fully saturated rings. The maximum Gasteiger partial charge on any atom is 0 e. The third-order valence-electron chi connectivity index (χ3n) is 1.84. The fraction of sp³-hybridized carbons (Fsp3) is 0.333. The maximum absolute atomic E-state index is 3.21. The average Bonchev–Trinajstić information content (AvgIpc) is 2.05. The molecule has 0 aromatic heterocycles. The predicted molar refractivity (Wildman–Crippen MR) is 54.9 cm³/mol. The molecule has 0 atom stereocenters. The zero-order valence-electron chi connectivity index (χ0n) is 11.9. The van der Waals surface area contributed by atoms with E-state index in [9.17, 15) is 0 Å². The Hall–Kier alpha value is 5.71. The fourth-order valence-corrected chi connectivity index (χ4v) is 0.988. The minimum absolute atomic E-state index is 0. The van der Waals surface area contributed by atoms with Gasteiger partial charge in [-0.3, -0.25) is 6.07 Å². The van der Waals surface area contributed by atoms with Gasteiger partial charge in [-0.2, -0.15) is 12.1 Å². The van der Waals surface area contributed by atoms with Crippen molar-refractivity contribution in [3.8, 4) is 0 Å². The molecule has 0 aliphatic heterocycles. The van der Waals surface area contributed by atoms with Gasteiger partial charge in [0.25, 0.3) is 0 Å². The molecular formula is C12H17Y6-3. The van der Waals surface area contributed by atoms with Gasteiger partial charge < -0.3 is 25.5 Å². The molecule has 86 valence electrons. The SMILES string of the molecule is C[CH-]c1[c-]cc(C(C)C)cc1.[CH3-].[Y].[Y].[Y].[Y].[Y].[Y]. The summed E-state index contributed by atoms with van der Waals surface area (Å²) in [6, 6.07) is 9.55. The summed E-state index contributed by atoms with van der Waals surface area (Å²) in [4.78, 5) is 0. The Balaban J connectivity index is -0.0000000346. The molecule has 6 radical (unpaired) electrons. The Morgan fingerprint density at radius 3 is 1.61 bits per heavy atom. The van der Waals surface area contributed by atoms with Gasteiger partial charge in [-0.05, 0) is 5.92 Å². The molecule has 0 aliphatic carbocycles. The molecule has 18 heavy (non-hydrogen) atoms. The van der Waals surface area contributed by atoms with Gasteiger partial charge in [-0.1, -0.05) is 19.4 Å². The molecule has 1 rings (SSSR count). The van der Waals surface area contributed by atoms with Crippen molar-refractivity contribution in [3.05, 3.63) is 49.2 Å². The summed E-state index contributed by atoms with van der Waals surface area (Å²) in [5.74, 6) is 0.608. The van der Waals surface area contributed by atoms with Gasteiger partial charge in [-0.15, -0.1) is 6.92 Å². The first-order valence-electron chi connectivity index (χ1n) is 4.05. The summed E-state index contributed by atoms with van der Waals surface area (Å²) in [5.41, 5.74) is 2.53. The largest absolute Gasteiger partial charge is 0.371 e. The summed E-state index contributed by atoms with van der Waals surface area (Å²) in [5, 5.41) is 0. The second kappa shape index (κ2) is 27.6. The molecule has 0 aliphatic rings. The van der Waals surface area contributed by atoms with Gasteiger partial charge in [0.1, 0.15) is 0 Å². The Morgan fingerprint density at radius 2 is 1.39 bits per heavy atom. The third-order valence-corrected chi connectivity index (χ3v) is 1.84. The Labute approximate surface area is 265 Å². The predicted octanol–water partition coefficient (Wildman–Crippen LogP) is 3.62. The Morgan fingerprint density at radius 1 is 0.944 bits per heavy atom. The topological polar surface area (TPSA) is 0 Å². The molecule has 0 unspecified atom stereocenters. The van der Waals surface area contributed by atoms with Crippen molar-refractivity contribution in [2.75, 3.05) is 0 Å². The van der Waals surface area contributed by atoms with Crippen LogP contribution < -0.4 is 0 Å². The van der Waals surface area contributed by atoms with Crippen molar-refractivity contribution in [1.82, 2.24) is 0 Å². The molecule has 0 spiro atoms. The van der Waals surface area contributed by atoms with Crippen molar-refractivity contribution in [3.63, 3.8) is 0 Å². The summed E-state index contributed by atoms with van der Waals surface area (Å²) in [7, 11) is 0. The molecular weight excluding hydrogens is 678 g/mol. The molecule has 0 bridgehead atoms. The van der Waals surface area contributed by atoms with E-state index in [-0.39, 0.29) is 204 Å². The van der Waals surface area contributed by atoms with Gasteiger partial charge in [0.15, 0.2) is 0 Å². The minimum Gasteiger partial charge on any atom is -0.371 e. The van der Waals surface area contributed by atoms with Crippen LogP contribution in [0.1, 0.15) is 37.8 Å². The van der Waals surface area contributed by atoms with Crippen molar-refractivity contribution in [2.24, 2.45) is 0 Å². The Bertz CT molecular complexity index is 223. The van der Waals surface area contributed by atoms with E-state index >= 15 is 0 Å². The van der Waals surface area contributed by atoms with E-state index in [4.69, 9.17) is 0 Å². The average molecular weight is 695 g/mol. The molecule has 0 nitrogen and oxygen atoms in total. The van der Waals surface area contributed by atoms with Crippen LogP contribution in [-0.4, -0.2) is 0 Å². The zero-order valence-corrected chi connectivity index (χ0v) is 28.9. The summed E-state index contributed by atoms with van der Waals surface area (Å²) < 4.78 is 0. The first-order chi connectivity index (χ1) is 5.24. The first kappa shape index (κ1) is 43.8. The maximum atomic E-state index is 3.21. The van der Waals surface area contributed by atoms with Gasteiger partial charge in [0, 0.05) is 196 Å². The van der Waals surface area contributed by atoms with Gasteiger partial charge in [0.05, 0.1) is 0 Å². The number of benzene rings is 1. The number of hydrogen-bond acceptors (Lipinski definition) is 0. The quantitative estimate of drug-likeness (QED) is 0.416. The second-order valence-electron chi connectivity index (χ2n) is 3.02. The summed E-state index contributed by atoms with van der Waals surface area (Å²) in [6.45, 7) is 6.41. The van der Waals surface area contributed by atoms with Crippen LogP contribution in [0.4, 0.5) is 0 Å². The molecule has 0 saturated carbocycles. The van der Waals surface area contributed by atoms with E-state index in [0.717, 1.165) is 0 Å². The van der Waals surface area contributed by atoms with E-state index in [1.807, 2.05) is 6.92 Å². The Kier molecular flexibility index (Phi) is 67.0.